The number of rotatable bonds is 4. The van der Waals surface area contributed by atoms with E-state index in [1.165, 1.54) is 20.1 Å². The van der Waals surface area contributed by atoms with Crippen LogP contribution in [0.4, 0.5) is 0 Å². The van der Waals surface area contributed by atoms with Crippen LogP contribution in [-0.4, -0.2) is 19.0 Å². The Labute approximate surface area is 132 Å². The van der Waals surface area contributed by atoms with E-state index in [0.717, 1.165) is 6.08 Å². The first-order chi connectivity index (χ1) is 10.5. The number of ether oxygens (including phenoxy) is 3. The van der Waals surface area contributed by atoms with Crippen LogP contribution < -0.4 is 14.2 Å². The van der Waals surface area contributed by atoms with Crippen molar-refractivity contribution in [3.63, 3.8) is 0 Å². The van der Waals surface area contributed by atoms with Gasteiger partial charge in [-0.2, -0.15) is 0 Å². The third-order valence-electron chi connectivity index (χ3n) is 2.82. The zero-order chi connectivity index (χ0) is 16.3. The fourth-order valence-corrected chi connectivity index (χ4v) is 2.13. The SMILES string of the molecule is C=CC(=O)Oc1c(OC(C)=O)cc(OC)c2cc(Cl)ccc12. The molecule has 22 heavy (non-hydrogen) atoms. The Morgan fingerprint density at radius 3 is 2.45 bits per heavy atom. The van der Waals surface area contributed by atoms with E-state index < -0.39 is 11.9 Å². The summed E-state index contributed by atoms with van der Waals surface area (Å²) in [5.41, 5.74) is 0. The fraction of sp³-hybridized carbons (Fsp3) is 0.125. The largest absolute Gasteiger partial charge is 0.496 e. The van der Waals surface area contributed by atoms with E-state index in [0.29, 0.717) is 21.5 Å². The fourth-order valence-electron chi connectivity index (χ4n) is 1.96. The third kappa shape index (κ3) is 3.20. The molecule has 2 aromatic carbocycles. The lowest BCUT2D eigenvalue weighted by Crippen LogP contribution is -2.08. The summed E-state index contributed by atoms with van der Waals surface area (Å²) in [7, 11) is 1.47. The van der Waals surface area contributed by atoms with Gasteiger partial charge in [0.1, 0.15) is 5.75 Å². The molecule has 0 aromatic heterocycles. The van der Waals surface area contributed by atoms with Gasteiger partial charge in [-0.15, -0.1) is 0 Å². The van der Waals surface area contributed by atoms with Crippen molar-refractivity contribution in [2.75, 3.05) is 7.11 Å². The lowest BCUT2D eigenvalue weighted by molar-refractivity contribution is -0.133. The molecule has 114 valence electrons. The number of esters is 2. The lowest BCUT2D eigenvalue weighted by Gasteiger charge is -2.14. The van der Waals surface area contributed by atoms with Crippen LogP contribution in [0.25, 0.3) is 10.8 Å². The summed E-state index contributed by atoms with van der Waals surface area (Å²) in [6.45, 7) is 4.59. The number of fused-ring (bicyclic) bond motifs is 1. The van der Waals surface area contributed by atoms with Gasteiger partial charge in [-0.1, -0.05) is 18.2 Å². The van der Waals surface area contributed by atoms with E-state index in [-0.39, 0.29) is 11.5 Å². The molecular weight excluding hydrogens is 308 g/mol. The molecular formula is C16H13ClO5. The molecule has 0 N–H and O–H groups in total. The first-order valence-corrected chi connectivity index (χ1v) is 6.67. The van der Waals surface area contributed by atoms with Crippen molar-refractivity contribution in [2.45, 2.75) is 6.92 Å². The highest BCUT2D eigenvalue weighted by Gasteiger charge is 2.19. The molecule has 0 radical (unpaired) electrons. The van der Waals surface area contributed by atoms with Crippen LogP contribution in [0.2, 0.25) is 5.02 Å². The summed E-state index contributed by atoms with van der Waals surface area (Å²) >= 11 is 5.99. The zero-order valence-corrected chi connectivity index (χ0v) is 12.8. The van der Waals surface area contributed by atoms with Crippen LogP contribution in [0.3, 0.4) is 0 Å². The van der Waals surface area contributed by atoms with Gasteiger partial charge in [-0.3, -0.25) is 4.79 Å². The van der Waals surface area contributed by atoms with Crippen molar-refractivity contribution in [3.05, 3.63) is 41.9 Å². The molecule has 0 saturated heterocycles. The Bertz CT molecular complexity index is 767. The molecule has 2 rings (SSSR count). The molecule has 0 aliphatic heterocycles. The lowest BCUT2D eigenvalue weighted by atomic mass is 10.1. The molecule has 0 aliphatic carbocycles. The molecule has 0 aliphatic rings. The second-order valence-corrected chi connectivity index (χ2v) is 4.75. The van der Waals surface area contributed by atoms with Gasteiger partial charge < -0.3 is 14.2 Å². The van der Waals surface area contributed by atoms with Crippen molar-refractivity contribution in [1.82, 2.24) is 0 Å². The predicted octanol–water partition coefficient (Wildman–Crippen LogP) is 3.52. The summed E-state index contributed by atoms with van der Waals surface area (Å²) in [6, 6.07) is 6.41. The summed E-state index contributed by atoms with van der Waals surface area (Å²) in [4.78, 5) is 22.8. The maximum Gasteiger partial charge on any atom is 0.335 e. The molecule has 6 heteroatoms. The maximum absolute atomic E-state index is 11.5. The Balaban J connectivity index is 2.76. The summed E-state index contributed by atoms with van der Waals surface area (Å²) in [5, 5.41) is 1.64. The zero-order valence-electron chi connectivity index (χ0n) is 12.0. The molecule has 0 atom stereocenters. The Morgan fingerprint density at radius 2 is 1.86 bits per heavy atom. The summed E-state index contributed by atoms with van der Waals surface area (Å²) in [5.74, 6) is -0.602. The van der Waals surface area contributed by atoms with Crippen LogP contribution in [0.15, 0.2) is 36.9 Å². The Morgan fingerprint density at radius 1 is 1.14 bits per heavy atom. The molecule has 0 unspecified atom stereocenters. The van der Waals surface area contributed by atoms with Crippen molar-refractivity contribution in [2.24, 2.45) is 0 Å². The number of carbonyl (C=O) groups is 2. The highest BCUT2D eigenvalue weighted by molar-refractivity contribution is 6.31. The molecule has 0 fully saturated rings. The topological polar surface area (TPSA) is 61.8 Å². The number of hydrogen-bond donors (Lipinski definition) is 0. The minimum atomic E-state index is -0.671. The number of carbonyl (C=O) groups excluding carboxylic acids is 2. The van der Waals surface area contributed by atoms with E-state index in [4.69, 9.17) is 25.8 Å². The van der Waals surface area contributed by atoms with Gasteiger partial charge in [0.25, 0.3) is 0 Å². The van der Waals surface area contributed by atoms with Crippen LogP contribution >= 0.6 is 11.6 Å². The third-order valence-corrected chi connectivity index (χ3v) is 3.06. The average Bonchev–Trinajstić information content (AvgIpc) is 2.48. The molecule has 2 aromatic rings. The van der Waals surface area contributed by atoms with Crippen LogP contribution in [0.1, 0.15) is 6.92 Å². The molecule has 0 bridgehead atoms. The van der Waals surface area contributed by atoms with Gasteiger partial charge in [0.05, 0.1) is 7.11 Å². The summed E-state index contributed by atoms with van der Waals surface area (Å²) < 4.78 is 15.6. The maximum atomic E-state index is 11.5. The Hall–Kier alpha value is -2.53. The number of halogens is 1. The molecule has 5 nitrogen and oxygen atoms in total. The van der Waals surface area contributed by atoms with Crippen LogP contribution in [0.5, 0.6) is 17.2 Å². The highest BCUT2D eigenvalue weighted by Crippen LogP contribution is 2.42. The first-order valence-electron chi connectivity index (χ1n) is 6.29. The van der Waals surface area contributed by atoms with Crippen LogP contribution in [0, 0.1) is 0 Å². The number of hydrogen-bond acceptors (Lipinski definition) is 5. The summed E-state index contributed by atoms with van der Waals surface area (Å²) in [6.07, 6.45) is 1.02. The van der Waals surface area contributed by atoms with Gasteiger partial charge in [0, 0.05) is 34.9 Å². The van der Waals surface area contributed by atoms with Gasteiger partial charge in [0.2, 0.25) is 0 Å². The van der Waals surface area contributed by atoms with Crippen molar-refractivity contribution in [3.8, 4) is 17.2 Å². The number of methoxy groups -OCH3 is 1. The van der Waals surface area contributed by atoms with Crippen molar-refractivity contribution < 1.29 is 23.8 Å². The number of benzene rings is 2. The van der Waals surface area contributed by atoms with E-state index in [2.05, 4.69) is 6.58 Å². The van der Waals surface area contributed by atoms with Gasteiger partial charge >= 0.3 is 11.9 Å². The molecule has 0 amide bonds. The van der Waals surface area contributed by atoms with Gasteiger partial charge in [-0.05, 0) is 18.2 Å². The second-order valence-electron chi connectivity index (χ2n) is 4.31. The molecule has 0 spiro atoms. The van der Waals surface area contributed by atoms with Gasteiger partial charge in [-0.25, -0.2) is 4.79 Å². The smallest absolute Gasteiger partial charge is 0.335 e. The quantitative estimate of drug-likeness (QED) is 0.490. The second kappa shape index (κ2) is 6.49. The van der Waals surface area contributed by atoms with E-state index in [1.54, 1.807) is 18.2 Å². The van der Waals surface area contributed by atoms with E-state index >= 15 is 0 Å². The Kier molecular flexibility index (Phi) is 4.68. The van der Waals surface area contributed by atoms with E-state index in [9.17, 15) is 9.59 Å². The van der Waals surface area contributed by atoms with Crippen molar-refractivity contribution >= 4 is 34.3 Å². The molecule has 0 heterocycles. The standard InChI is InChI=1S/C16H13ClO5/c1-4-15(19)22-16-11-6-5-10(17)7-12(11)13(20-3)8-14(16)21-9(2)18/h4-8H,1H2,2-3H3. The molecule has 0 saturated carbocycles. The van der Waals surface area contributed by atoms with Crippen molar-refractivity contribution in [1.29, 1.82) is 0 Å². The van der Waals surface area contributed by atoms with E-state index in [1.807, 2.05) is 0 Å². The van der Waals surface area contributed by atoms with Crippen LogP contribution in [-0.2, 0) is 9.59 Å². The first kappa shape index (κ1) is 15.9. The normalized spacial score (nSPS) is 10.1. The highest BCUT2D eigenvalue weighted by atomic mass is 35.5. The monoisotopic (exact) mass is 320 g/mol. The van der Waals surface area contributed by atoms with Gasteiger partial charge in [0.15, 0.2) is 11.5 Å². The predicted molar refractivity (Wildman–Crippen MR) is 82.7 cm³/mol. The minimum Gasteiger partial charge on any atom is -0.496 e. The average molecular weight is 321 g/mol. The minimum absolute atomic E-state index is 0.0781.